The minimum absolute atomic E-state index is 0.209. The molecule has 134 valence electrons. The summed E-state index contributed by atoms with van der Waals surface area (Å²) in [5.74, 6) is -0.278. The van der Waals surface area contributed by atoms with Gasteiger partial charge in [0.05, 0.1) is 16.6 Å². The molecule has 0 saturated heterocycles. The van der Waals surface area contributed by atoms with Crippen LogP contribution in [0.5, 0.6) is 0 Å². The van der Waals surface area contributed by atoms with E-state index in [9.17, 15) is 9.90 Å². The molecule has 5 nitrogen and oxygen atoms in total. The molecule has 0 unspecified atom stereocenters. The summed E-state index contributed by atoms with van der Waals surface area (Å²) in [4.78, 5) is 23.3. The first-order valence-electron chi connectivity index (χ1n) is 8.23. The Morgan fingerprint density at radius 2 is 2.12 bits per heavy atom. The Hall–Kier alpha value is -1.64. The van der Waals surface area contributed by atoms with Gasteiger partial charge in [0.25, 0.3) is 0 Å². The molecule has 26 heavy (non-hydrogen) atoms. The van der Waals surface area contributed by atoms with Crippen molar-refractivity contribution in [3.63, 3.8) is 0 Å². The molecule has 0 spiro atoms. The number of fused-ring (bicyclic) bond motifs is 3. The SMILES string of the molecule is CSc1nc(Nc2ccc(Br)cc2C(=O)O)c2c3c(sc2n1)CCCC3. The van der Waals surface area contributed by atoms with Gasteiger partial charge in [-0.1, -0.05) is 27.7 Å². The summed E-state index contributed by atoms with van der Waals surface area (Å²) in [6.45, 7) is 0. The molecule has 3 aromatic rings. The van der Waals surface area contributed by atoms with E-state index in [1.54, 1.807) is 23.5 Å². The van der Waals surface area contributed by atoms with Crippen molar-refractivity contribution in [1.82, 2.24) is 9.97 Å². The third kappa shape index (κ3) is 3.21. The molecule has 2 heterocycles. The standard InChI is InChI=1S/C18H16BrN3O2S2/c1-25-18-21-15(20-12-7-6-9(19)8-11(12)17(23)24)14-10-4-2-3-5-13(10)26-16(14)22-18/h6-8H,2-5H2,1H3,(H,23,24)(H,20,21,22). The summed E-state index contributed by atoms with van der Waals surface area (Å²) in [5, 5.41) is 14.5. The van der Waals surface area contributed by atoms with Crippen LogP contribution < -0.4 is 5.32 Å². The number of thioether (sulfide) groups is 1. The molecule has 0 amide bonds. The zero-order chi connectivity index (χ0) is 18.3. The van der Waals surface area contributed by atoms with Crippen LogP contribution in [-0.4, -0.2) is 27.3 Å². The van der Waals surface area contributed by atoms with E-state index in [-0.39, 0.29) is 5.56 Å². The number of rotatable bonds is 4. The number of anilines is 2. The number of thiophene rings is 1. The number of aromatic nitrogens is 2. The first-order chi connectivity index (χ1) is 12.6. The van der Waals surface area contributed by atoms with Gasteiger partial charge in [-0.05, 0) is 55.7 Å². The van der Waals surface area contributed by atoms with Crippen molar-refractivity contribution in [3.05, 3.63) is 38.7 Å². The second-order valence-electron chi connectivity index (χ2n) is 6.07. The van der Waals surface area contributed by atoms with E-state index >= 15 is 0 Å². The number of aromatic carboxylic acids is 1. The number of nitrogens with one attached hydrogen (secondary N) is 1. The van der Waals surface area contributed by atoms with E-state index in [0.717, 1.165) is 27.5 Å². The Morgan fingerprint density at radius 1 is 1.31 bits per heavy atom. The van der Waals surface area contributed by atoms with E-state index in [2.05, 4.69) is 31.2 Å². The topological polar surface area (TPSA) is 75.1 Å². The van der Waals surface area contributed by atoms with Crippen LogP contribution in [0.15, 0.2) is 27.8 Å². The monoisotopic (exact) mass is 449 g/mol. The molecule has 0 bridgehead atoms. The lowest BCUT2D eigenvalue weighted by Crippen LogP contribution is -2.06. The maximum absolute atomic E-state index is 11.6. The van der Waals surface area contributed by atoms with Crippen molar-refractivity contribution in [2.45, 2.75) is 30.8 Å². The fraction of sp³-hybridized carbons (Fsp3) is 0.278. The molecule has 2 aromatic heterocycles. The van der Waals surface area contributed by atoms with Crippen molar-refractivity contribution in [2.24, 2.45) is 0 Å². The average molecular weight is 450 g/mol. The molecule has 0 fully saturated rings. The highest BCUT2D eigenvalue weighted by Gasteiger charge is 2.22. The van der Waals surface area contributed by atoms with Gasteiger partial charge in [-0.2, -0.15) is 0 Å². The highest BCUT2D eigenvalue weighted by atomic mass is 79.9. The number of halogens is 1. The van der Waals surface area contributed by atoms with Gasteiger partial charge in [-0.3, -0.25) is 0 Å². The van der Waals surface area contributed by atoms with Crippen LogP contribution in [0.25, 0.3) is 10.2 Å². The summed E-state index contributed by atoms with van der Waals surface area (Å²) >= 11 is 6.56. The fourth-order valence-electron chi connectivity index (χ4n) is 3.25. The fourth-order valence-corrected chi connectivity index (χ4v) is 5.29. The van der Waals surface area contributed by atoms with Gasteiger partial charge in [0.1, 0.15) is 10.6 Å². The maximum atomic E-state index is 11.6. The highest BCUT2D eigenvalue weighted by molar-refractivity contribution is 9.10. The lowest BCUT2D eigenvalue weighted by molar-refractivity contribution is 0.0698. The zero-order valence-corrected chi connectivity index (χ0v) is 17.2. The number of benzene rings is 1. The number of carbonyl (C=O) groups is 1. The van der Waals surface area contributed by atoms with Crippen molar-refractivity contribution < 1.29 is 9.90 Å². The maximum Gasteiger partial charge on any atom is 0.337 e. The Labute approximate surface area is 167 Å². The number of hydrogen-bond acceptors (Lipinski definition) is 6. The van der Waals surface area contributed by atoms with Crippen LogP contribution in [-0.2, 0) is 12.8 Å². The number of aryl methyl sites for hydroxylation is 2. The van der Waals surface area contributed by atoms with Crippen LogP contribution >= 0.6 is 39.0 Å². The molecule has 0 radical (unpaired) electrons. The van der Waals surface area contributed by atoms with Crippen LogP contribution in [0.1, 0.15) is 33.6 Å². The highest BCUT2D eigenvalue weighted by Crippen LogP contribution is 2.40. The lowest BCUT2D eigenvalue weighted by Gasteiger charge is -2.14. The molecule has 8 heteroatoms. The molecule has 0 aliphatic heterocycles. The van der Waals surface area contributed by atoms with Gasteiger partial charge in [0.2, 0.25) is 0 Å². The van der Waals surface area contributed by atoms with E-state index < -0.39 is 5.97 Å². The van der Waals surface area contributed by atoms with Crippen LogP contribution in [0.4, 0.5) is 11.5 Å². The largest absolute Gasteiger partial charge is 0.478 e. The van der Waals surface area contributed by atoms with E-state index in [1.807, 2.05) is 12.3 Å². The van der Waals surface area contributed by atoms with Gasteiger partial charge in [0, 0.05) is 9.35 Å². The second-order valence-corrected chi connectivity index (χ2v) is 8.84. The van der Waals surface area contributed by atoms with Crippen molar-refractivity contribution >= 4 is 66.7 Å². The molecule has 0 saturated carbocycles. The molecule has 4 rings (SSSR count). The quantitative estimate of drug-likeness (QED) is 0.404. The first-order valence-corrected chi connectivity index (χ1v) is 11.1. The van der Waals surface area contributed by atoms with Crippen molar-refractivity contribution in [3.8, 4) is 0 Å². The van der Waals surface area contributed by atoms with Gasteiger partial charge in [0.15, 0.2) is 5.16 Å². The predicted octanol–water partition coefficient (Wildman–Crippen LogP) is 5.50. The molecule has 1 aromatic carbocycles. The summed E-state index contributed by atoms with van der Waals surface area (Å²) in [6, 6.07) is 5.19. The van der Waals surface area contributed by atoms with Crippen molar-refractivity contribution in [2.75, 3.05) is 11.6 Å². The number of hydrogen-bond donors (Lipinski definition) is 2. The summed E-state index contributed by atoms with van der Waals surface area (Å²) < 4.78 is 0.728. The Balaban J connectivity index is 1.88. The number of carboxylic acid groups (broad SMARTS) is 1. The third-order valence-electron chi connectivity index (χ3n) is 4.44. The van der Waals surface area contributed by atoms with Crippen molar-refractivity contribution in [1.29, 1.82) is 0 Å². The van der Waals surface area contributed by atoms with E-state index in [4.69, 9.17) is 0 Å². The third-order valence-corrected chi connectivity index (χ3v) is 6.67. The summed E-state index contributed by atoms with van der Waals surface area (Å²) in [6.07, 6.45) is 6.43. The summed E-state index contributed by atoms with van der Waals surface area (Å²) in [7, 11) is 0. The van der Waals surface area contributed by atoms with Gasteiger partial charge in [-0.25, -0.2) is 14.8 Å². The molecule has 2 N–H and O–H groups in total. The van der Waals surface area contributed by atoms with Gasteiger partial charge in [-0.15, -0.1) is 11.3 Å². The average Bonchev–Trinajstić information content (AvgIpc) is 3.01. The predicted molar refractivity (Wildman–Crippen MR) is 110 cm³/mol. The van der Waals surface area contributed by atoms with Crippen LogP contribution in [0.2, 0.25) is 0 Å². The molecule has 1 aliphatic carbocycles. The van der Waals surface area contributed by atoms with Crippen LogP contribution in [0, 0.1) is 0 Å². The number of carboxylic acids is 1. The van der Waals surface area contributed by atoms with E-state index in [0.29, 0.717) is 16.7 Å². The van der Waals surface area contributed by atoms with Crippen LogP contribution in [0.3, 0.4) is 0 Å². The Bertz CT molecular complexity index is 1020. The van der Waals surface area contributed by atoms with Gasteiger partial charge >= 0.3 is 5.97 Å². The molecular formula is C18H16BrN3O2S2. The lowest BCUT2D eigenvalue weighted by atomic mass is 9.97. The molecular weight excluding hydrogens is 434 g/mol. The second kappa shape index (κ2) is 7.17. The Kier molecular flexibility index (Phi) is 4.90. The molecule has 0 atom stereocenters. The number of nitrogens with zero attached hydrogens (tertiary/aromatic N) is 2. The summed E-state index contributed by atoms with van der Waals surface area (Å²) in [5.41, 5.74) is 2.06. The molecule has 1 aliphatic rings. The minimum Gasteiger partial charge on any atom is -0.478 e. The van der Waals surface area contributed by atoms with E-state index in [1.165, 1.54) is 35.0 Å². The van der Waals surface area contributed by atoms with Gasteiger partial charge < -0.3 is 10.4 Å². The normalized spacial score (nSPS) is 13.6. The first kappa shape index (κ1) is 17.8. The smallest absolute Gasteiger partial charge is 0.337 e. The zero-order valence-electron chi connectivity index (χ0n) is 14.0. The minimum atomic E-state index is -0.975. The Morgan fingerprint density at radius 3 is 2.88 bits per heavy atom.